The number of nitrogens with one attached hydrogen (secondary N) is 1. The van der Waals surface area contributed by atoms with Crippen LogP contribution in [0.3, 0.4) is 0 Å². The van der Waals surface area contributed by atoms with E-state index >= 15 is 0 Å². The Labute approximate surface area is 124 Å². The minimum atomic E-state index is 0.340. The van der Waals surface area contributed by atoms with Gasteiger partial charge in [-0.1, -0.05) is 18.2 Å². The predicted molar refractivity (Wildman–Crippen MR) is 87.9 cm³/mol. The first-order valence-corrected chi connectivity index (χ1v) is 7.74. The van der Waals surface area contributed by atoms with Crippen LogP contribution < -0.4 is 5.32 Å². The summed E-state index contributed by atoms with van der Waals surface area (Å²) in [6, 6.07) is 0.340. The highest BCUT2D eigenvalue weighted by Gasteiger charge is 2.12. The predicted octanol–water partition coefficient (Wildman–Crippen LogP) is 1.99. The molecule has 1 atom stereocenters. The Bertz CT molecular complexity index is 294. The standard InChI is InChI=1S/C15H29N3S/c1-4-5-7-15(19)14(2)16-8-6-9-18-12-10-17(3)11-13-18/h4-5,7,14,16,19H,6,8-13H2,1-3H3/b5-4-,15-7+. The zero-order valence-corrected chi connectivity index (χ0v) is 13.5. The first-order valence-electron chi connectivity index (χ1n) is 7.29. The number of piperazine rings is 1. The SMILES string of the molecule is C/C=C\C=C(\S)C(C)NCCCN1CCN(C)CC1. The fourth-order valence-corrected chi connectivity index (χ4v) is 2.31. The van der Waals surface area contributed by atoms with E-state index in [1.165, 1.54) is 39.1 Å². The highest BCUT2D eigenvalue weighted by molar-refractivity contribution is 7.84. The van der Waals surface area contributed by atoms with Crippen molar-refractivity contribution in [3.63, 3.8) is 0 Å². The Hall–Kier alpha value is -0.290. The van der Waals surface area contributed by atoms with E-state index in [4.69, 9.17) is 0 Å². The van der Waals surface area contributed by atoms with Crippen LogP contribution in [0.15, 0.2) is 23.1 Å². The molecular formula is C15H29N3S. The molecule has 0 saturated carbocycles. The summed E-state index contributed by atoms with van der Waals surface area (Å²) in [5, 5.41) is 3.52. The van der Waals surface area contributed by atoms with Crippen molar-refractivity contribution < 1.29 is 0 Å². The van der Waals surface area contributed by atoms with Crippen molar-refractivity contribution in [3.05, 3.63) is 23.1 Å². The summed E-state index contributed by atoms with van der Waals surface area (Å²) in [6.45, 7) is 11.3. The van der Waals surface area contributed by atoms with Crippen LogP contribution in [-0.2, 0) is 0 Å². The summed E-state index contributed by atoms with van der Waals surface area (Å²) in [4.78, 5) is 6.05. The second-order valence-corrected chi connectivity index (χ2v) is 5.81. The van der Waals surface area contributed by atoms with Crippen LogP contribution >= 0.6 is 12.6 Å². The van der Waals surface area contributed by atoms with Gasteiger partial charge in [-0.15, -0.1) is 12.6 Å². The third kappa shape index (κ3) is 7.16. The van der Waals surface area contributed by atoms with Crippen molar-refractivity contribution in [3.8, 4) is 0 Å². The fraction of sp³-hybridized carbons (Fsp3) is 0.733. The number of nitrogens with zero attached hydrogens (tertiary/aromatic N) is 2. The van der Waals surface area contributed by atoms with Crippen molar-refractivity contribution >= 4 is 12.6 Å². The molecule has 1 rings (SSSR count). The fourth-order valence-electron chi connectivity index (χ4n) is 2.14. The number of likely N-dealkylation sites (N-methyl/N-ethyl adjacent to an activating group) is 1. The van der Waals surface area contributed by atoms with Gasteiger partial charge in [-0.3, -0.25) is 0 Å². The molecular weight excluding hydrogens is 254 g/mol. The molecule has 1 aliphatic heterocycles. The number of allylic oxidation sites excluding steroid dienone is 3. The molecule has 1 saturated heterocycles. The molecule has 1 N–H and O–H groups in total. The van der Waals surface area contributed by atoms with Gasteiger partial charge >= 0.3 is 0 Å². The third-order valence-corrected chi connectivity index (χ3v) is 4.14. The minimum absolute atomic E-state index is 0.340. The third-order valence-electron chi connectivity index (χ3n) is 3.60. The molecule has 1 fully saturated rings. The highest BCUT2D eigenvalue weighted by Crippen LogP contribution is 2.07. The van der Waals surface area contributed by atoms with Crippen molar-refractivity contribution in [1.29, 1.82) is 0 Å². The van der Waals surface area contributed by atoms with E-state index in [-0.39, 0.29) is 0 Å². The van der Waals surface area contributed by atoms with Crippen LogP contribution in [0.25, 0.3) is 0 Å². The largest absolute Gasteiger partial charge is 0.310 e. The maximum absolute atomic E-state index is 4.50. The second kappa shape index (κ2) is 9.59. The molecule has 1 heterocycles. The maximum Gasteiger partial charge on any atom is 0.0348 e. The Morgan fingerprint density at radius 3 is 2.63 bits per heavy atom. The molecule has 110 valence electrons. The van der Waals surface area contributed by atoms with E-state index in [0.717, 1.165) is 11.4 Å². The number of rotatable bonds is 7. The quantitative estimate of drug-likeness (QED) is 0.423. The Balaban J connectivity index is 2.10. The average Bonchev–Trinajstić information content (AvgIpc) is 2.42. The van der Waals surface area contributed by atoms with E-state index < -0.39 is 0 Å². The molecule has 0 spiro atoms. The smallest absolute Gasteiger partial charge is 0.0348 e. The van der Waals surface area contributed by atoms with Gasteiger partial charge in [0, 0.05) is 32.2 Å². The van der Waals surface area contributed by atoms with Crippen LogP contribution in [0.4, 0.5) is 0 Å². The van der Waals surface area contributed by atoms with E-state index in [1.54, 1.807) is 0 Å². The lowest BCUT2D eigenvalue weighted by Gasteiger charge is -2.32. The average molecular weight is 283 g/mol. The van der Waals surface area contributed by atoms with Crippen LogP contribution in [0, 0.1) is 0 Å². The lowest BCUT2D eigenvalue weighted by atomic mass is 10.2. The van der Waals surface area contributed by atoms with Gasteiger partial charge in [-0.2, -0.15) is 0 Å². The van der Waals surface area contributed by atoms with Gasteiger partial charge < -0.3 is 15.1 Å². The van der Waals surface area contributed by atoms with Gasteiger partial charge in [0.2, 0.25) is 0 Å². The van der Waals surface area contributed by atoms with Crippen molar-refractivity contribution in [2.45, 2.75) is 26.3 Å². The molecule has 0 aromatic carbocycles. The van der Waals surface area contributed by atoms with Crippen LogP contribution in [-0.4, -0.2) is 62.2 Å². The summed E-state index contributed by atoms with van der Waals surface area (Å²) in [6.07, 6.45) is 7.32. The second-order valence-electron chi connectivity index (χ2n) is 5.29. The summed E-state index contributed by atoms with van der Waals surface area (Å²) in [5.41, 5.74) is 0. The first-order chi connectivity index (χ1) is 9.13. The van der Waals surface area contributed by atoms with E-state index in [2.05, 4.69) is 47.8 Å². The molecule has 19 heavy (non-hydrogen) atoms. The number of hydrogen-bond acceptors (Lipinski definition) is 4. The monoisotopic (exact) mass is 283 g/mol. The zero-order valence-electron chi connectivity index (χ0n) is 12.6. The Kier molecular flexibility index (Phi) is 8.46. The molecule has 0 radical (unpaired) electrons. The Morgan fingerprint density at radius 1 is 1.32 bits per heavy atom. The van der Waals surface area contributed by atoms with E-state index in [1.807, 2.05) is 19.1 Å². The molecule has 0 aromatic rings. The Morgan fingerprint density at radius 2 is 2.00 bits per heavy atom. The lowest BCUT2D eigenvalue weighted by molar-refractivity contribution is 0.152. The molecule has 0 bridgehead atoms. The van der Waals surface area contributed by atoms with Crippen molar-refractivity contribution in [2.24, 2.45) is 0 Å². The first kappa shape index (κ1) is 16.8. The lowest BCUT2D eigenvalue weighted by Crippen LogP contribution is -2.45. The normalized spacial score (nSPS) is 21.2. The van der Waals surface area contributed by atoms with Crippen molar-refractivity contribution in [2.75, 3.05) is 46.3 Å². The molecule has 0 aromatic heterocycles. The van der Waals surface area contributed by atoms with Gasteiger partial charge in [0.25, 0.3) is 0 Å². The number of thiol groups is 1. The number of hydrogen-bond donors (Lipinski definition) is 2. The van der Waals surface area contributed by atoms with Gasteiger partial charge in [0.15, 0.2) is 0 Å². The van der Waals surface area contributed by atoms with Gasteiger partial charge in [0.05, 0.1) is 0 Å². The molecule has 0 amide bonds. The molecule has 3 nitrogen and oxygen atoms in total. The molecule has 4 heteroatoms. The summed E-state index contributed by atoms with van der Waals surface area (Å²) < 4.78 is 0. The summed E-state index contributed by atoms with van der Waals surface area (Å²) in [5.74, 6) is 0. The summed E-state index contributed by atoms with van der Waals surface area (Å²) in [7, 11) is 2.20. The maximum atomic E-state index is 4.50. The van der Waals surface area contributed by atoms with Crippen LogP contribution in [0.5, 0.6) is 0 Å². The van der Waals surface area contributed by atoms with Crippen LogP contribution in [0.1, 0.15) is 20.3 Å². The van der Waals surface area contributed by atoms with E-state index in [0.29, 0.717) is 6.04 Å². The van der Waals surface area contributed by atoms with Gasteiger partial charge in [-0.05, 0) is 45.3 Å². The highest BCUT2D eigenvalue weighted by atomic mass is 32.1. The minimum Gasteiger partial charge on any atom is -0.310 e. The zero-order chi connectivity index (χ0) is 14.1. The molecule has 1 aliphatic rings. The molecule has 0 aliphatic carbocycles. The topological polar surface area (TPSA) is 18.5 Å². The van der Waals surface area contributed by atoms with E-state index in [9.17, 15) is 0 Å². The van der Waals surface area contributed by atoms with Gasteiger partial charge in [-0.25, -0.2) is 0 Å². The van der Waals surface area contributed by atoms with Crippen LogP contribution in [0.2, 0.25) is 0 Å². The van der Waals surface area contributed by atoms with Crippen molar-refractivity contribution in [1.82, 2.24) is 15.1 Å². The molecule has 1 unspecified atom stereocenters. The summed E-state index contributed by atoms with van der Waals surface area (Å²) >= 11 is 4.50. The van der Waals surface area contributed by atoms with Gasteiger partial charge in [0.1, 0.15) is 0 Å².